The number of phenolic OH excluding ortho intramolecular Hbond substituents is 1. The maximum Gasteiger partial charge on any atom is 0.328 e. The average molecular weight is 462 g/mol. The van der Waals surface area contributed by atoms with Gasteiger partial charge in [0.25, 0.3) is 0 Å². The number of imide groups is 3. The second-order valence-corrected chi connectivity index (χ2v) is 9.00. The highest BCUT2D eigenvalue weighted by molar-refractivity contribution is 6.24. The molecule has 5 rings (SSSR count). The number of carbonyl (C=O) groups is 5. The van der Waals surface area contributed by atoms with Crippen molar-refractivity contribution in [3.05, 3.63) is 58.2 Å². The summed E-state index contributed by atoms with van der Waals surface area (Å²) in [5, 5.41) is 10.8. The van der Waals surface area contributed by atoms with Crippen molar-refractivity contribution in [1.29, 1.82) is 0 Å². The number of urea groups is 1. The average Bonchev–Trinajstić information content (AvgIpc) is 3.06. The van der Waals surface area contributed by atoms with Crippen molar-refractivity contribution in [2.75, 3.05) is 7.11 Å². The molecule has 1 saturated heterocycles. The standard InChI is InChI=1S/C25H22N2O7/c1-10-7-17(28)16-9-15-12(5-6-14-20(15)24(32)27(23(14)31)25(26)33)19(21(16)22(10)30)13-4-3-11(34-2)8-18(13)29/h3-5,7-8,14-15,19-20,29H,6,9H2,1-2H3,(H2,26,33). The van der Waals surface area contributed by atoms with Gasteiger partial charge in [0.2, 0.25) is 11.8 Å². The number of nitrogens with two attached hydrogens (primary N) is 1. The van der Waals surface area contributed by atoms with Gasteiger partial charge in [-0.25, -0.2) is 4.79 Å². The topological polar surface area (TPSA) is 144 Å². The smallest absolute Gasteiger partial charge is 0.328 e. The number of fused-ring (bicyclic) bond motifs is 3. The second kappa shape index (κ2) is 7.51. The molecule has 0 bridgehead atoms. The Morgan fingerprint density at radius 1 is 1.15 bits per heavy atom. The Morgan fingerprint density at radius 3 is 2.53 bits per heavy atom. The lowest BCUT2D eigenvalue weighted by molar-refractivity contribution is -0.136. The molecule has 3 N–H and O–H groups in total. The number of aromatic hydroxyl groups is 1. The van der Waals surface area contributed by atoms with E-state index in [1.54, 1.807) is 25.1 Å². The van der Waals surface area contributed by atoms with Gasteiger partial charge in [-0.3, -0.25) is 19.2 Å². The Morgan fingerprint density at radius 2 is 1.88 bits per heavy atom. The summed E-state index contributed by atoms with van der Waals surface area (Å²) in [6, 6.07) is 3.56. The van der Waals surface area contributed by atoms with E-state index in [1.807, 2.05) is 0 Å². The molecule has 1 fully saturated rings. The van der Waals surface area contributed by atoms with Crippen LogP contribution in [0, 0.1) is 17.8 Å². The molecule has 9 nitrogen and oxygen atoms in total. The number of rotatable bonds is 2. The number of ether oxygens (including phenoxy) is 1. The number of primary amides is 1. The molecule has 0 spiro atoms. The predicted molar refractivity (Wildman–Crippen MR) is 117 cm³/mol. The zero-order valence-electron chi connectivity index (χ0n) is 18.5. The number of carbonyl (C=O) groups excluding carboxylic acids is 5. The van der Waals surface area contributed by atoms with Crippen LogP contribution in [0.15, 0.2) is 52.6 Å². The van der Waals surface area contributed by atoms with Gasteiger partial charge in [-0.05, 0) is 37.8 Å². The van der Waals surface area contributed by atoms with Crippen LogP contribution in [-0.2, 0) is 19.2 Å². The van der Waals surface area contributed by atoms with Crippen molar-refractivity contribution < 1.29 is 33.8 Å². The number of nitrogens with zero attached hydrogens (tertiary/aromatic N) is 1. The maximum absolute atomic E-state index is 13.3. The van der Waals surface area contributed by atoms with Crippen LogP contribution in [0.1, 0.15) is 31.2 Å². The first-order valence-electron chi connectivity index (χ1n) is 10.9. The first-order chi connectivity index (χ1) is 16.1. The first kappa shape index (κ1) is 21.8. The van der Waals surface area contributed by atoms with E-state index in [0.717, 1.165) is 0 Å². The van der Waals surface area contributed by atoms with Crippen LogP contribution in [-0.4, -0.2) is 46.5 Å². The van der Waals surface area contributed by atoms with Crippen LogP contribution in [0.25, 0.3) is 0 Å². The molecular formula is C25H22N2O7. The molecule has 4 amide bonds. The molecule has 1 aromatic rings. The number of Topliss-reactive ketones (excluding diaryl/α,β-unsaturated/α-hetero) is 1. The summed E-state index contributed by atoms with van der Waals surface area (Å²) in [4.78, 5) is 64.5. The van der Waals surface area contributed by atoms with E-state index in [2.05, 4.69) is 0 Å². The largest absolute Gasteiger partial charge is 0.507 e. The van der Waals surface area contributed by atoms with Crippen molar-refractivity contribution in [1.82, 2.24) is 4.90 Å². The Hall–Kier alpha value is -4.01. The van der Waals surface area contributed by atoms with E-state index in [9.17, 15) is 29.1 Å². The molecule has 0 radical (unpaired) electrons. The van der Waals surface area contributed by atoms with Gasteiger partial charge in [0.1, 0.15) is 11.5 Å². The number of allylic oxidation sites excluding steroid dienone is 6. The summed E-state index contributed by atoms with van der Waals surface area (Å²) in [6.07, 6.45) is 3.33. The van der Waals surface area contributed by atoms with Crippen LogP contribution >= 0.6 is 0 Å². The summed E-state index contributed by atoms with van der Waals surface area (Å²) in [5.74, 6) is -4.74. The Balaban J connectivity index is 1.71. The quantitative estimate of drug-likeness (QED) is 0.388. The fraction of sp³-hybridized carbons (Fsp3) is 0.320. The Bertz CT molecular complexity index is 1300. The molecule has 0 aromatic heterocycles. The zero-order valence-corrected chi connectivity index (χ0v) is 18.5. The van der Waals surface area contributed by atoms with Crippen LogP contribution in [0.2, 0.25) is 0 Å². The van der Waals surface area contributed by atoms with Gasteiger partial charge in [-0.2, -0.15) is 4.90 Å². The molecule has 1 heterocycles. The van der Waals surface area contributed by atoms with Crippen molar-refractivity contribution in [3.8, 4) is 11.5 Å². The summed E-state index contributed by atoms with van der Waals surface area (Å²) in [5.41, 5.74) is 7.18. The van der Waals surface area contributed by atoms with Gasteiger partial charge in [-0.1, -0.05) is 17.7 Å². The van der Waals surface area contributed by atoms with Gasteiger partial charge in [0.05, 0.1) is 18.9 Å². The minimum absolute atomic E-state index is 0.0791. The number of amides is 4. The second-order valence-electron chi connectivity index (χ2n) is 9.00. The first-order valence-corrected chi connectivity index (χ1v) is 10.9. The van der Waals surface area contributed by atoms with Crippen molar-refractivity contribution in [3.63, 3.8) is 0 Å². The maximum atomic E-state index is 13.3. The molecule has 0 saturated carbocycles. The van der Waals surface area contributed by atoms with E-state index < -0.39 is 41.5 Å². The van der Waals surface area contributed by atoms with E-state index >= 15 is 0 Å². The number of likely N-dealkylation sites (tertiary alicyclic amines) is 1. The van der Waals surface area contributed by atoms with Crippen LogP contribution in [0.5, 0.6) is 11.5 Å². The molecule has 34 heavy (non-hydrogen) atoms. The molecule has 1 aromatic carbocycles. The lowest BCUT2D eigenvalue weighted by Gasteiger charge is -2.42. The van der Waals surface area contributed by atoms with Crippen LogP contribution in [0.3, 0.4) is 0 Å². The van der Waals surface area contributed by atoms with Crippen LogP contribution < -0.4 is 10.5 Å². The molecule has 1 aliphatic heterocycles. The van der Waals surface area contributed by atoms with E-state index in [-0.39, 0.29) is 41.3 Å². The number of hydrogen-bond acceptors (Lipinski definition) is 7. The predicted octanol–water partition coefficient (Wildman–Crippen LogP) is 1.91. The van der Waals surface area contributed by atoms with Gasteiger partial charge < -0.3 is 15.6 Å². The SMILES string of the molecule is COc1ccc(C2C3=CCC4C(=O)N(C(N)=O)C(=O)C4C3CC3=C2C(=O)C(C)=CC3=O)c(O)c1. The third kappa shape index (κ3) is 2.89. The Kier molecular flexibility index (Phi) is 4.82. The monoisotopic (exact) mass is 462 g/mol. The molecule has 4 aliphatic rings. The van der Waals surface area contributed by atoms with Crippen molar-refractivity contribution in [2.24, 2.45) is 23.5 Å². The van der Waals surface area contributed by atoms with Gasteiger partial charge in [-0.15, -0.1) is 0 Å². The lowest BCUT2D eigenvalue weighted by atomic mass is 9.59. The summed E-state index contributed by atoms with van der Waals surface area (Å²) in [6.45, 7) is 1.57. The van der Waals surface area contributed by atoms with Crippen molar-refractivity contribution in [2.45, 2.75) is 25.7 Å². The van der Waals surface area contributed by atoms with E-state index in [0.29, 0.717) is 27.4 Å². The third-order valence-corrected chi connectivity index (χ3v) is 7.33. The number of hydrogen-bond donors (Lipinski definition) is 2. The molecule has 4 unspecified atom stereocenters. The highest BCUT2D eigenvalue weighted by atomic mass is 16.5. The van der Waals surface area contributed by atoms with E-state index in [4.69, 9.17) is 10.5 Å². The molecular weight excluding hydrogens is 440 g/mol. The molecule has 9 heteroatoms. The molecule has 3 aliphatic carbocycles. The molecule has 174 valence electrons. The lowest BCUT2D eigenvalue weighted by Crippen LogP contribution is -2.42. The number of ketones is 2. The summed E-state index contributed by atoms with van der Waals surface area (Å²) >= 11 is 0. The fourth-order valence-corrected chi connectivity index (χ4v) is 5.83. The Labute approximate surface area is 194 Å². The van der Waals surface area contributed by atoms with Crippen molar-refractivity contribution >= 4 is 29.4 Å². The highest BCUT2D eigenvalue weighted by Crippen LogP contribution is 2.56. The highest BCUT2D eigenvalue weighted by Gasteiger charge is 2.57. The van der Waals surface area contributed by atoms with Crippen LogP contribution in [0.4, 0.5) is 4.79 Å². The van der Waals surface area contributed by atoms with E-state index in [1.165, 1.54) is 19.3 Å². The normalized spacial score (nSPS) is 28.2. The minimum Gasteiger partial charge on any atom is -0.507 e. The summed E-state index contributed by atoms with van der Waals surface area (Å²) < 4.78 is 5.17. The number of benzene rings is 1. The minimum atomic E-state index is -1.13. The zero-order chi connectivity index (χ0) is 24.5. The van der Waals surface area contributed by atoms with Gasteiger partial charge in [0.15, 0.2) is 11.6 Å². The number of phenols is 1. The van der Waals surface area contributed by atoms with Gasteiger partial charge >= 0.3 is 6.03 Å². The number of methoxy groups -OCH3 is 1. The third-order valence-electron chi connectivity index (χ3n) is 7.33. The fourth-order valence-electron chi connectivity index (χ4n) is 5.83. The molecule has 4 atom stereocenters. The summed E-state index contributed by atoms with van der Waals surface area (Å²) in [7, 11) is 1.46. The van der Waals surface area contributed by atoms with Gasteiger partial charge in [0, 0.05) is 34.3 Å².